The minimum atomic E-state index is -0.375. The second-order valence-electron chi connectivity index (χ2n) is 9.70. The summed E-state index contributed by atoms with van der Waals surface area (Å²) < 4.78 is 12.5. The van der Waals surface area contributed by atoms with E-state index in [1.807, 2.05) is 36.4 Å². The van der Waals surface area contributed by atoms with Crippen molar-refractivity contribution in [3.05, 3.63) is 71.8 Å². The van der Waals surface area contributed by atoms with E-state index in [1.165, 1.54) is 25.7 Å². The Balaban J connectivity index is 1.47. The molecule has 6 unspecified atom stereocenters. The summed E-state index contributed by atoms with van der Waals surface area (Å²) in [7, 11) is 0. The molecule has 3 aliphatic rings. The molecule has 3 fully saturated rings. The zero-order valence-corrected chi connectivity index (χ0v) is 18.5. The van der Waals surface area contributed by atoms with E-state index in [0.29, 0.717) is 23.0 Å². The highest BCUT2D eigenvalue weighted by molar-refractivity contribution is 5.90. The van der Waals surface area contributed by atoms with Crippen molar-refractivity contribution in [1.29, 1.82) is 0 Å². The highest BCUT2D eigenvalue weighted by atomic mass is 16.6. The lowest BCUT2D eigenvalue weighted by Gasteiger charge is -2.54. The lowest BCUT2D eigenvalue weighted by molar-refractivity contribution is -0.153. The molecule has 0 saturated heterocycles. The first-order valence-corrected chi connectivity index (χ1v) is 12.2. The molecule has 3 saturated carbocycles. The molecular formula is C28H32O4. The molecule has 4 heteroatoms. The van der Waals surface area contributed by atoms with Crippen molar-refractivity contribution in [2.75, 3.05) is 0 Å². The summed E-state index contributed by atoms with van der Waals surface area (Å²) in [6, 6.07) is 18.4. The number of carbonyl (C=O) groups is 2. The fourth-order valence-electron chi connectivity index (χ4n) is 6.58. The largest absolute Gasteiger partial charge is 0.455 e. The van der Waals surface area contributed by atoms with Gasteiger partial charge in [0, 0.05) is 11.8 Å². The summed E-state index contributed by atoms with van der Waals surface area (Å²) in [5.41, 5.74) is 1.11. The monoisotopic (exact) mass is 432 g/mol. The van der Waals surface area contributed by atoms with Gasteiger partial charge in [-0.25, -0.2) is 9.59 Å². The molecule has 168 valence electrons. The Morgan fingerprint density at radius 1 is 0.531 bits per heavy atom. The zero-order valence-electron chi connectivity index (χ0n) is 18.5. The first-order valence-electron chi connectivity index (χ1n) is 12.2. The number of benzene rings is 2. The van der Waals surface area contributed by atoms with Crippen LogP contribution in [0.3, 0.4) is 0 Å². The molecule has 0 amide bonds. The summed E-state index contributed by atoms with van der Waals surface area (Å²) in [4.78, 5) is 26.2. The zero-order chi connectivity index (χ0) is 21.9. The van der Waals surface area contributed by atoms with E-state index in [9.17, 15) is 9.59 Å². The van der Waals surface area contributed by atoms with Crippen molar-refractivity contribution in [3.8, 4) is 0 Å². The smallest absolute Gasteiger partial charge is 0.338 e. The van der Waals surface area contributed by atoms with Crippen molar-refractivity contribution in [2.24, 2.45) is 23.7 Å². The van der Waals surface area contributed by atoms with E-state index in [-0.39, 0.29) is 36.0 Å². The third-order valence-electron chi connectivity index (χ3n) is 7.97. The lowest BCUT2D eigenvalue weighted by Crippen LogP contribution is -2.57. The van der Waals surface area contributed by atoms with Gasteiger partial charge in [-0.05, 0) is 61.8 Å². The Labute approximate surface area is 190 Å². The van der Waals surface area contributed by atoms with Gasteiger partial charge in [0.25, 0.3) is 0 Å². The number of rotatable bonds is 4. The number of hydrogen-bond acceptors (Lipinski definition) is 4. The molecule has 0 aliphatic heterocycles. The molecule has 2 aromatic carbocycles. The fourth-order valence-corrected chi connectivity index (χ4v) is 6.58. The van der Waals surface area contributed by atoms with Gasteiger partial charge in [-0.15, -0.1) is 0 Å². The normalized spacial score (nSPS) is 31.6. The molecule has 2 aromatic rings. The van der Waals surface area contributed by atoms with Crippen LogP contribution in [0.25, 0.3) is 0 Å². The van der Waals surface area contributed by atoms with E-state index in [2.05, 4.69) is 0 Å². The maximum Gasteiger partial charge on any atom is 0.338 e. The predicted octanol–water partition coefficient (Wildman–Crippen LogP) is 6.06. The average molecular weight is 433 g/mol. The van der Waals surface area contributed by atoms with Gasteiger partial charge in [-0.1, -0.05) is 62.1 Å². The maximum atomic E-state index is 13.1. The maximum absolute atomic E-state index is 13.1. The summed E-state index contributed by atoms with van der Waals surface area (Å²) in [5, 5.41) is 0. The standard InChI is InChI=1S/C28H32O4/c29-27(19-11-3-1-4-12-19)31-25-23-17-9-10-18-24(22-16-8-7-15-21(22)23)26(25)32-28(30)20-13-5-2-6-14-20/h1-6,11-14,21-26H,7-10,15-18H2. The number of fused-ring (bicyclic) bond motifs is 6. The molecule has 4 nitrogen and oxygen atoms in total. The molecule has 0 radical (unpaired) electrons. The van der Waals surface area contributed by atoms with Gasteiger partial charge in [0.2, 0.25) is 0 Å². The highest BCUT2D eigenvalue weighted by Gasteiger charge is 2.54. The Kier molecular flexibility index (Phi) is 6.29. The third-order valence-corrected chi connectivity index (χ3v) is 7.97. The minimum Gasteiger partial charge on any atom is -0.455 e. The fraction of sp³-hybridized carbons (Fsp3) is 0.500. The van der Waals surface area contributed by atoms with Crippen LogP contribution >= 0.6 is 0 Å². The minimum absolute atomic E-state index is 0.262. The van der Waals surface area contributed by atoms with Gasteiger partial charge in [-0.2, -0.15) is 0 Å². The van der Waals surface area contributed by atoms with Gasteiger partial charge >= 0.3 is 11.9 Å². The Hall–Kier alpha value is -2.62. The van der Waals surface area contributed by atoms with Crippen LogP contribution in [0.1, 0.15) is 72.1 Å². The lowest BCUT2D eigenvalue weighted by atomic mass is 9.55. The van der Waals surface area contributed by atoms with E-state index in [0.717, 1.165) is 25.7 Å². The van der Waals surface area contributed by atoms with E-state index in [4.69, 9.17) is 9.47 Å². The second-order valence-corrected chi connectivity index (χ2v) is 9.70. The number of ether oxygens (including phenoxy) is 2. The third kappa shape index (κ3) is 4.20. The molecule has 0 N–H and O–H groups in total. The topological polar surface area (TPSA) is 52.6 Å². The molecule has 6 atom stereocenters. The van der Waals surface area contributed by atoms with Crippen molar-refractivity contribution >= 4 is 11.9 Å². The van der Waals surface area contributed by atoms with Crippen molar-refractivity contribution in [3.63, 3.8) is 0 Å². The molecular weight excluding hydrogens is 400 g/mol. The van der Waals surface area contributed by atoms with Crippen LogP contribution in [0.4, 0.5) is 0 Å². The Bertz CT molecular complexity index is 847. The first kappa shape index (κ1) is 21.2. The van der Waals surface area contributed by atoms with Crippen LogP contribution < -0.4 is 0 Å². The quantitative estimate of drug-likeness (QED) is 0.551. The number of hydrogen-bond donors (Lipinski definition) is 0. The van der Waals surface area contributed by atoms with Gasteiger partial charge in [0.1, 0.15) is 12.2 Å². The summed E-state index contributed by atoms with van der Waals surface area (Å²) in [6.07, 6.45) is 8.54. The molecule has 0 spiro atoms. The number of esters is 2. The Morgan fingerprint density at radius 3 is 1.25 bits per heavy atom. The predicted molar refractivity (Wildman–Crippen MR) is 122 cm³/mol. The summed E-state index contributed by atoms with van der Waals surface area (Å²) >= 11 is 0. The van der Waals surface area contributed by atoms with E-state index >= 15 is 0 Å². The van der Waals surface area contributed by atoms with Crippen molar-refractivity contribution < 1.29 is 19.1 Å². The molecule has 2 bridgehead atoms. The van der Waals surface area contributed by atoms with Crippen LogP contribution in [0.5, 0.6) is 0 Å². The van der Waals surface area contributed by atoms with E-state index in [1.54, 1.807) is 24.3 Å². The Morgan fingerprint density at radius 2 is 0.875 bits per heavy atom. The van der Waals surface area contributed by atoms with Gasteiger partial charge in [0.15, 0.2) is 0 Å². The van der Waals surface area contributed by atoms with Gasteiger partial charge in [0.05, 0.1) is 11.1 Å². The van der Waals surface area contributed by atoms with Crippen LogP contribution in [0.15, 0.2) is 60.7 Å². The van der Waals surface area contributed by atoms with Gasteiger partial charge in [-0.3, -0.25) is 0 Å². The van der Waals surface area contributed by atoms with E-state index < -0.39 is 0 Å². The summed E-state index contributed by atoms with van der Waals surface area (Å²) in [5.74, 6) is 1.03. The summed E-state index contributed by atoms with van der Waals surface area (Å²) in [6.45, 7) is 0. The van der Waals surface area contributed by atoms with Crippen LogP contribution in [0, 0.1) is 23.7 Å². The van der Waals surface area contributed by atoms with Crippen LogP contribution in [-0.4, -0.2) is 24.1 Å². The SMILES string of the molecule is O=C(OC1C2CCCCC(C3CCCCC32)C1OC(=O)c1ccccc1)c1ccccc1. The first-order chi connectivity index (χ1) is 15.7. The van der Waals surface area contributed by atoms with Crippen LogP contribution in [-0.2, 0) is 9.47 Å². The molecule has 32 heavy (non-hydrogen) atoms. The van der Waals surface area contributed by atoms with Crippen molar-refractivity contribution in [1.82, 2.24) is 0 Å². The molecule has 3 aliphatic carbocycles. The molecule has 5 rings (SSSR count). The number of carbonyl (C=O) groups excluding carboxylic acids is 2. The van der Waals surface area contributed by atoms with Crippen molar-refractivity contribution in [2.45, 2.75) is 63.6 Å². The molecule has 0 aromatic heterocycles. The van der Waals surface area contributed by atoms with Crippen LogP contribution in [0.2, 0.25) is 0 Å². The van der Waals surface area contributed by atoms with Gasteiger partial charge < -0.3 is 9.47 Å². The average Bonchev–Trinajstić information content (AvgIpc) is 2.83. The molecule has 0 heterocycles. The highest BCUT2D eigenvalue weighted by Crippen LogP contribution is 2.53. The second kappa shape index (κ2) is 9.48.